The fraction of sp³-hybridized carbons (Fsp3) is 0.545. The van der Waals surface area contributed by atoms with Crippen molar-refractivity contribution in [3.05, 3.63) is 24.0 Å². The number of nitrogens with two attached hydrogens (primary N) is 1. The molecule has 1 unspecified atom stereocenters. The van der Waals surface area contributed by atoms with Crippen LogP contribution in [0.25, 0.3) is 0 Å². The molecule has 1 heterocycles. The summed E-state index contributed by atoms with van der Waals surface area (Å²) in [7, 11) is 3.05. The van der Waals surface area contributed by atoms with E-state index < -0.39 is 11.9 Å². The second-order valence-electron chi connectivity index (χ2n) is 3.84. The van der Waals surface area contributed by atoms with E-state index in [1.807, 2.05) is 0 Å². The molecular weight excluding hydrogens is 208 g/mol. The second-order valence-corrected chi connectivity index (χ2v) is 3.84. The van der Waals surface area contributed by atoms with Crippen molar-refractivity contribution in [2.45, 2.75) is 25.2 Å². The molecule has 0 aliphatic heterocycles. The van der Waals surface area contributed by atoms with Gasteiger partial charge in [0.05, 0.1) is 5.60 Å². The lowest BCUT2D eigenvalue weighted by Gasteiger charge is -2.28. The molecule has 5 heteroatoms. The summed E-state index contributed by atoms with van der Waals surface area (Å²) >= 11 is 0. The minimum atomic E-state index is -1.13. The van der Waals surface area contributed by atoms with Crippen molar-refractivity contribution in [3.8, 4) is 0 Å². The minimum Gasteiger partial charge on any atom is -0.398 e. The van der Waals surface area contributed by atoms with Gasteiger partial charge in [-0.1, -0.05) is 0 Å². The third-order valence-corrected chi connectivity index (χ3v) is 2.52. The van der Waals surface area contributed by atoms with Gasteiger partial charge in [-0.2, -0.15) is 0 Å². The summed E-state index contributed by atoms with van der Waals surface area (Å²) in [6.45, 7) is 1.66. The Labute approximate surface area is 95.2 Å². The predicted octanol–water partition coefficient (Wildman–Crippen LogP) is 0.880. The molecule has 0 saturated carbocycles. The summed E-state index contributed by atoms with van der Waals surface area (Å²) < 4.78 is 10.1. The lowest BCUT2D eigenvalue weighted by atomic mass is 9.92. The smallest absolute Gasteiger partial charge is 0.159 e. The van der Waals surface area contributed by atoms with Gasteiger partial charge in [0.15, 0.2) is 6.29 Å². The molecule has 0 bridgehead atoms. The van der Waals surface area contributed by atoms with Crippen molar-refractivity contribution >= 4 is 5.69 Å². The van der Waals surface area contributed by atoms with Gasteiger partial charge in [-0.3, -0.25) is 4.98 Å². The molecule has 1 aromatic rings. The number of aromatic nitrogens is 1. The fourth-order valence-electron chi connectivity index (χ4n) is 1.55. The number of hydrogen-bond acceptors (Lipinski definition) is 5. The van der Waals surface area contributed by atoms with E-state index in [1.54, 1.807) is 25.4 Å². The minimum absolute atomic E-state index is 0.288. The maximum atomic E-state index is 10.3. The molecule has 0 aliphatic carbocycles. The van der Waals surface area contributed by atoms with Crippen molar-refractivity contribution in [1.82, 2.24) is 4.98 Å². The van der Waals surface area contributed by atoms with Crippen LogP contribution in [0, 0.1) is 0 Å². The Balaban J connectivity index is 2.89. The predicted molar refractivity (Wildman–Crippen MR) is 60.6 cm³/mol. The highest BCUT2D eigenvalue weighted by Crippen LogP contribution is 2.30. The molecule has 0 spiro atoms. The van der Waals surface area contributed by atoms with E-state index >= 15 is 0 Å². The molecular formula is C11H18N2O3. The molecule has 0 fully saturated rings. The number of anilines is 1. The highest BCUT2D eigenvalue weighted by molar-refractivity contribution is 5.47. The van der Waals surface area contributed by atoms with Gasteiger partial charge in [-0.25, -0.2) is 0 Å². The van der Waals surface area contributed by atoms with E-state index in [0.29, 0.717) is 11.3 Å². The third-order valence-electron chi connectivity index (χ3n) is 2.52. The first-order valence-corrected chi connectivity index (χ1v) is 4.99. The molecule has 1 aromatic heterocycles. The average Bonchev–Trinajstić information content (AvgIpc) is 2.26. The number of nitrogen functional groups attached to an aromatic ring is 1. The van der Waals surface area contributed by atoms with Gasteiger partial charge in [-0.15, -0.1) is 0 Å². The Kier molecular flexibility index (Phi) is 4.23. The van der Waals surface area contributed by atoms with Crippen LogP contribution >= 0.6 is 0 Å². The summed E-state index contributed by atoms with van der Waals surface area (Å²) in [5.41, 5.74) is 5.74. The number of nitrogens with zero attached hydrogens (tertiary/aromatic N) is 1. The van der Waals surface area contributed by atoms with Crippen LogP contribution in [0.5, 0.6) is 0 Å². The SMILES string of the molecule is COC(CC(C)(O)c1cnccc1N)OC. The van der Waals surface area contributed by atoms with Crippen LogP contribution in [0.15, 0.2) is 18.5 Å². The Hall–Kier alpha value is -1.17. The van der Waals surface area contributed by atoms with Crippen molar-refractivity contribution in [3.63, 3.8) is 0 Å². The summed E-state index contributed by atoms with van der Waals surface area (Å²) in [6.07, 6.45) is 2.95. The third kappa shape index (κ3) is 2.91. The van der Waals surface area contributed by atoms with Crippen molar-refractivity contribution in [2.24, 2.45) is 0 Å². The summed E-state index contributed by atoms with van der Waals surface area (Å²) in [5, 5.41) is 10.3. The monoisotopic (exact) mass is 226 g/mol. The standard InChI is InChI=1S/C11H18N2O3/c1-11(14,6-10(15-2)16-3)8-7-13-5-4-9(8)12/h4-5,7,10,14H,6H2,1-3H3,(H2,12,13). The Morgan fingerprint density at radius 3 is 2.62 bits per heavy atom. The molecule has 0 aliphatic rings. The van der Waals surface area contributed by atoms with Crippen LogP contribution in [-0.4, -0.2) is 30.6 Å². The zero-order valence-corrected chi connectivity index (χ0v) is 9.80. The van der Waals surface area contributed by atoms with Crippen LogP contribution in [0.2, 0.25) is 0 Å². The van der Waals surface area contributed by atoms with Gasteiger partial charge in [0.25, 0.3) is 0 Å². The van der Waals surface area contributed by atoms with Gasteiger partial charge >= 0.3 is 0 Å². The number of hydrogen-bond donors (Lipinski definition) is 2. The lowest BCUT2D eigenvalue weighted by Crippen LogP contribution is -2.30. The molecule has 1 atom stereocenters. The summed E-state index contributed by atoms with van der Waals surface area (Å²) in [4.78, 5) is 3.95. The van der Waals surface area contributed by atoms with Crippen molar-refractivity contribution in [2.75, 3.05) is 20.0 Å². The number of ether oxygens (including phenoxy) is 2. The normalized spacial score (nSPS) is 15.1. The van der Waals surface area contributed by atoms with Crippen LogP contribution in [-0.2, 0) is 15.1 Å². The first-order valence-electron chi connectivity index (χ1n) is 4.99. The van der Waals surface area contributed by atoms with Crippen LogP contribution in [0.1, 0.15) is 18.9 Å². The molecule has 90 valence electrons. The van der Waals surface area contributed by atoms with Crippen LogP contribution < -0.4 is 5.73 Å². The number of aliphatic hydroxyl groups is 1. The maximum Gasteiger partial charge on any atom is 0.159 e. The van der Waals surface area contributed by atoms with Crippen molar-refractivity contribution < 1.29 is 14.6 Å². The van der Waals surface area contributed by atoms with E-state index in [9.17, 15) is 5.11 Å². The summed E-state index contributed by atoms with van der Waals surface area (Å²) in [5.74, 6) is 0. The molecule has 5 nitrogen and oxygen atoms in total. The van der Waals surface area contributed by atoms with Gasteiger partial charge in [0.2, 0.25) is 0 Å². The molecule has 0 saturated heterocycles. The average molecular weight is 226 g/mol. The van der Waals surface area contributed by atoms with E-state index in [-0.39, 0.29) is 6.42 Å². The molecule has 16 heavy (non-hydrogen) atoms. The Morgan fingerprint density at radius 2 is 2.12 bits per heavy atom. The second kappa shape index (κ2) is 5.25. The molecule has 3 N–H and O–H groups in total. The first-order chi connectivity index (χ1) is 7.51. The highest BCUT2D eigenvalue weighted by atomic mass is 16.7. The van der Waals surface area contributed by atoms with E-state index in [4.69, 9.17) is 15.2 Å². The Morgan fingerprint density at radius 1 is 1.50 bits per heavy atom. The van der Waals surface area contributed by atoms with Gasteiger partial charge in [0.1, 0.15) is 0 Å². The zero-order chi connectivity index (χ0) is 12.2. The quantitative estimate of drug-likeness (QED) is 0.729. The number of rotatable bonds is 5. The van der Waals surface area contributed by atoms with Gasteiger partial charge in [0, 0.05) is 44.3 Å². The topological polar surface area (TPSA) is 77.6 Å². The van der Waals surface area contributed by atoms with E-state index in [2.05, 4.69) is 4.98 Å². The number of methoxy groups -OCH3 is 2. The van der Waals surface area contributed by atoms with Crippen LogP contribution in [0.4, 0.5) is 5.69 Å². The van der Waals surface area contributed by atoms with E-state index in [1.165, 1.54) is 14.2 Å². The molecule has 0 amide bonds. The first kappa shape index (κ1) is 12.9. The highest BCUT2D eigenvalue weighted by Gasteiger charge is 2.29. The molecule has 0 radical (unpaired) electrons. The van der Waals surface area contributed by atoms with Gasteiger partial charge in [-0.05, 0) is 13.0 Å². The molecule has 0 aromatic carbocycles. The zero-order valence-electron chi connectivity index (χ0n) is 9.80. The number of pyridine rings is 1. The lowest BCUT2D eigenvalue weighted by molar-refractivity contribution is -0.142. The van der Waals surface area contributed by atoms with Gasteiger partial charge < -0.3 is 20.3 Å². The largest absolute Gasteiger partial charge is 0.398 e. The maximum absolute atomic E-state index is 10.3. The summed E-state index contributed by atoms with van der Waals surface area (Å²) in [6, 6.07) is 1.65. The molecule has 1 rings (SSSR count). The van der Waals surface area contributed by atoms with E-state index in [0.717, 1.165) is 0 Å². The fourth-order valence-corrected chi connectivity index (χ4v) is 1.55. The van der Waals surface area contributed by atoms with Crippen LogP contribution in [0.3, 0.4) is 0 Å². The van der Waals surface area contributed by atoms with Crippen molar-refractivity contribution in [1.29, 1.82) is 0 Å². The Bertz CT molecular complexity index is 338.